The molecule has 110 valence electrons. The lowest BCUT2D eigenvalue weighted by molar-refractivity contribution is -0.0711. The average molecular weight is 260 g/mol. The van der Waals surface area contributed by atoms with Crippen molar-refractivity contribution in [2.24, 2.45) is 5.92 Å². The molecule has 1 atom stereocenters. The smallest absolute Gasteiger partial charge is 0.0935 e. The van der Waals surface area contributed by atoms with E-state index in [1.807, 2.05) is 0 Å². The molecule has 0 unspecified atom stereocenters. The van der Waals surface area contributed by atoms with Gasteiger partial charge in [-0.1, -0.05) is 20.8 Å². The fourth-order valence-corrected chi connectivity index (χ4v) is 2.25. The van der Waals surface area contributed by atoms with E-state index in [1.54, 1.807) is 0 Å². The van der Waals surface area contributed by atoms with Crippen molar-refractivity contribution in [2.45, 2.75) is 33.3 Å². The number of nitrogens with one attached hydrogen (secondary N) is 1. The van der Waals surface area contributed by atoms with Crippen LogP contribution in [0, 0.1) is 5.92 Å². The molecule has 0 aromatic rings. The van der Waals surface area contributed by atoms with Crippen LogP contribution in [0.15, 0.2) is 0 Å². The first-order valence-corrected chi connectivity index (χ1v) is 7.34. The summed E-state index contributed by atoms with van der Waals surface area (Å²) < 4.78 is 11.4. The molecule has 1 fully saturated rings. The van der Waals surface area contributed by atoms with Crippen LogP contribution in [0.25, 0.3) is 0 Å². The Balaban J connectivity index is 0.00000324. The molecule has 0 aromatic heterocycles. The molecule has 1 rings (SSSR count). The van der Waals surface area contributed by atoms with E-state index < -0.39 is 0 Å². The van der Waals surface area contributed by atoms with Crippen molar-refractivity contribution in [3.8, 4) is 0 Å². The van der Waals surface area contributed by atoms with Crippen molar-refractivity contribution in [3.63, 3.8) is 0 Å². The van der Waals surface area contributed by atoms with Crippen LogP contribution < -0.4 is 5.32 Å². The van der Waals surface area contributed by atoms with Crippen LogP contribution in [-0.4, -0.2) is 63.5 Å². The van der Waals surface area contributed by atoms with E-state index >= 15 is 0 Å². The Morgan fingerprint density at radius 2 is 2.33 bits per heavy atom. The highest BCUT2D eigenvalue weighted by Crippen LogP contribution is 2.08. The normalized spacial score (nSPS) is 21.7. The standard InChI is InChI=1S/C14H30N2O2.H2/c1-4-15-6-5-8-17-12-14-11-16(7-9-18-14)10-13(2)3;/h13-15H,4-12H2,1-3H3;1H/t14-;/m0./s1. The Labute approximate surface area is 113 Å². The minimum absolute atomic E-state index is 0. The largest absolute Gasteiger partial charge is 0.379 e. The third-order valence-electron chi connectivity index (χ3n) is 3.04. The first-order chi connectivity index (χ1) is 8.72. The van der Waals surface area contributed by atoms with Crippen LogP contribution in [0.4, 0.5) is 0 Å². The second-order valence-corrected chi connectivity index (χ2v) is 5.43. The van der Waals surface area contributed by atoms with Crippen molar-refractivity contribution in [2.75, 3.05) is 52.5 Å². The number of nitrogens with zero attached hydrogens (tertiary/aromatic N) is 1. The molecule has 0 aromatic carbocycles. The minimum Gasteiger partial charge on any atom is -0.379 e. The summed E-state index contributed by atoms with van der Waals surface area (Å²) in [4.78, 5) is 2.49. The van der Waals surface area contributed by atoms with E-state index in [2.05, 4.69) is 31.0 Å². The number of hydrogen-bond donors (Lipinski definition) is 1. The van der Waals surface area contributed by atoms with E-state index in [1.165, 1.54) is 6.54 Å². The fourth-order valence-electron chi connectivity index (χ4n) is 2.25. The van der Waals surface area contributed by atoms with Gasteiger partial charge in [-0.2, -0.15) is 0 Å². The van der Waals surface area contributed by atoms with Gasteiger partial charge in [0.2, 0.25) is 0 Å². The molecule has 0 amide bonds. The lowest BCUT2D eigenvalue weighted by Crippen LogP contribution is -2.45. The van der Waals surface area contributed by atoms with Crippen LogP contribution in [0.3, 0.4) is 0 Å². The third-order valence-corrected chi connectivity index (χ3v) is 3.04. The minimum atomic E-state index is 0. The van der Waals surface area contributed by atoms with Gasteiger partial charge in [0.15, 0.2) is 0 Å². The summed E-state index contributed by atoms with van der Waals surface area (Å²) in [5.41, 5.74) is 0. The van der Waals surface area contributed by atoms with Gasteiger partial charge in [0.25, 0.3) is 0 Å². The highest BCUT2D eigenvalue weighted by molar-refractivity contribution is 4.72. The fraction of sp³-hybridized carbons (Fsp3) is 1.00. The Kier molecular flexibility index (Phi) is 8.59. The van der Waals surface area contributed by atoms with Crippen molar-refractivity contribution in [3.05, 3.63) is 0 Å². The van der Waals surface area contributed by atoms with Crippen LogP contribution >= 0.6 is 0 Å². The molecule has 0 spiro atoms. The van der Waals surface area contributed by atoms with Crippen molar-refractivity contribution in [1.82, 2.24) is 10.2 Å². The van der Waals surface area contributed by atoms with Crippen molar-refractivity contribution in [1.29, 1.82) is 0 Å². The zero-order valence-corrected chi connectivity index (χ0v) is 12.3. The summed E-state index contributed by atoms with van der Waals surface area (Å²) in [7, 11) is 0. The lowest BCUT2D eigenvalue weighted by Gasteiger charge is -2.33. The number of rotatable bonds is 9. The SMILES string of the molecule is CCNCCCOC[C@@H]1CN(CC(C)C)CCO1.[HH]. The third kappa shape index (κ3) is 7.31. The second-order valence-electron chi connectivity index (χ2n) is 5.43. The van der Waals surface area contributed by atoms with E-state index in [0.717, 1.165) is 58.3 Å². The lowest BCUT2D eigenvalue weighted by atomic mass is 10.2. The molecular formula is C14H32N2O2. The predicted molar refractivity (Wildman–Crippen MR) is 77.1 cm³/mol. The molecular weight excluding hydrogens is 228 g/mol. The Hall–Kier alpha value is -0.160. The molecule has 0 radical (unpaired) electrons. The topological polar surface area (TPSA) is 33.7 Å². The average Bonchev–Trinajstić information content (AvgIpc) is 2.33. The second kappa shape index (κ2) is 9.73. The monoisotopic (exact) mass is 260 g/mol. The molecule has 1 aliphatic rings. The molecule has 0 saturated carbocycles. The molecule has 1 aliphatic heterocycles. The van der Waals surface area contributed by atoms with Crippen molar-refractivity contribution >= 4 is 0 Å². The highest BCUT2D eigenvalue weighted by atomic mass is 16.5. The molecule has 1 heterocycles. The highest BCUT2D eigenvalue weighted by Gasteiger charge is 2.20. The van der Waals surface area contributed by atoms with Gasteiger partial charge >= 0.3 is 0 Å². The summed E-state index contributed by atoms with van der Waals surface area (Å²) in [5, 5.41) is 3.30. The van der Waals surface area contributed by atoms with Gasteiger partial charge in [0.1, 0.15) is 0 Å². The van der Waals surface area contributed by atoms with Gasteiger partial charge in [-0.05, 0) is 25.4 Å². The van der Waals surface area contributed by atoms with Gasteiger partial charge in [-0.3, -0.25) is 4.90 Å². The summed E-state index contributed by atoms with van der Waals surface area (Å²) in [6.07, 6.45) is 1.34. The molecule has 1 N–H and O–H groups in total. The van der Waals surface area contributed by atoms with Crippen LogP contribution in [-0.2, 0) is 9.47 Å². The van der Waals surface area contributed by atoms with Gasteiger partial charge in [-0.15, -0.1) is 0 Å². The van der Waals surface area contributed by atoms with Crippen molar-refractivity contribution < 1.29 is 10.9 Å². The summed E-state index contributed by atoms with van der Waals surface area (Å²) in [6.45, 7) is 14.4. The number of ether oxygens (including phenoxy) is 2. The predicted octanol–water partition coefficient (Wildman–Crippen LogP) is 1.61. The number of hydrogen-bond acceptors (Lipinski definition) is 4. The van der Waals surface area contributed by atoms with Gasteiger partial charge in [-0.25, -0.2) is 0 Å². The van der Waals surface area contributed by atoms with Gasteiger partial charge in [0, 0.05) is 27.7 Å². The molecule has 0 aliphatic carbocycles. The van der Waals surface area contributed by atoms with Crippen LogP contribution in [0.2, 0.25) is 0 Å². The summed E-state index contributed by atoms with van der Waals surface area (Å²) >= 11 is 0. The molecule has 0 bridgehead atoms. The van der Waals surface area contributed by atoms with Gasteiger partial charge in [0.05, 0.1) is 19.3 Å². The summed E-state index contributed by atoms with van der Waals surface area (Å²) in [6, 6.07) is 0. The molecule has 4 heteroatoms. The van der Waals surface area contributed by atoms with E-state index in [-0.39, 0.29) is 7.53 Å². The zero-order chi connectivity index (χ0) is 13.2. The van der Waals surface area contributed by atoms with Crippen LogP contribution in [0.1, 0.15) is 28.6 Å². The van der Waals surface area contributed by atoms with E-state index in [4.69, 9.17) is 9.47 Å². The maximum atomic E-state index is 5.74. The first kappa shape index (κ1) is 15.9. The Bertz CT molecular complexity index is 206. The quantitative estimate of drug-likeness (QED) is 0.639. The maximum Gasteiger partial charge on any atom is 0.0935 e. The first-order valence-electron chi connectivity index (χ1n) is 7.34. The zero-order valence-electron chi connectivity index (χ0n) is 12.3. The van der Waals surface area contributed by atoms with Gasteiger partial charge < -0.3 is 14.8 Å². The summed E-state index contributed by atoms with van der Waals surface area (Å²) in [5.74, 6) is 0.727. The molecule has 1 saturated heterocycles. The van der Waals surface area contributed by atoms with Crippen LogP contribution in [0.5, 0.6) is 0 Å². The Morgan fingerprint density at radius 3 is 3.06 bits per heavy atom. The molecule has 18 heavy (non-hydrogen) atoms. The van der Waals surface area contributed by atoms with E-state index in [9.17, 15) is 0 Å². The maximum absolute atomic E-state index is 5.74. The van der Waals surface area contributed by atoms with E-state index in [0.29, 0.717) is 0 Å². The number of morpholine rings is 1. The molecule has 4 nitrogen and oxygen atoms in total. The Morgan fingerprint density at radius 1 is 1.50 bits per heavy atom.